The van der Waals surface area contributed by atoms with Crippen LogP contribution in [-0.4, -0.2) is 0 Å². The number of allylic oxidation sites excluding steroid dienone is 5. The second kappa shape index (κ2) is 13.0. The first-order valence-electron chi connectivity index (χ1n) is 16.4. The maximum absolute atomic E-state index is 4.64. The van der Waals surface area contributed by atoms with Gasteiger partial charge in [-0.2, -0.15) is 0 Å². The molecule has 0 saturated heterocycles. The van der Waals surface area contributed by atoms with Gasteiger partial charge in [-0.3, -0.25) is 0 Å². The van der Waals surface area contributed by atoms with Crippen molar-refractivity contribution in [3.8, 4) is 22.3 Å². The van der Waals surface area contributed by atoms with E-state index in [9.17, 15) is 0 Å². The quantitative estimate of drug-likeness (QED) is 0.162. The molecule has 47 heavy (non-hydrogen) atoms. The minimum atomic E-state index is -0.0282. The second-order valence-corrected chi connectivity index (χ2v) is 12.7. The molecule has 6 aromatic rings. The molecule has 0 atom stereocenters. The lowest BCUT2D eigenvalue weighted by molar-refractivity contribution is 0.660. The van der Waals surface area contributed by atoms with Crippen LogP contribution < -0.4 is 5.32 Å². The number of rotatable bonds is 9. The van der Waals surface area contributed by atoms with Crippen LogP contribution in [-0.2, 0) is 11.8 Å². The molecule has 0 unspecified atom stereocenters. The summed E-state index contributed by atoms with van der Waals surface area (Å²) in [4.78, 5) is 0. The van der Waals surface area contributed by atoms with Crippen molar-refractivity contribution >= 4 is 22.5 Å². The Balaban J connectivity index is 1.17. The van der Waals surface area contributed by atoms with Gasteiger partial charge in [0.2, 0.25) is 0 Å². The first-order valence-corrected chi connectivity index (χ1v) is 16.4. The van der Waals surface area contributed by atoms with E-state index in [2.05, 4.69) is 196 Å². The Hall–Kier alpha value is -5.66. The number of anilines is 2. The van der Waals surface area contributed by atoms with Crippen molar-refractivity contribution in [2.45, 2.75) is 25.7 Å². The van der Waals surface area contributed by atoms with Crippen LogP contribution in [0.3, 0.4) is 0 Å². The Morgan fingerprint density at radius 1 is 0.617 bits per heavy atom. The Labute approximate surface area is 279 Å². The lowest BCUT2D eigenvalue weighted by Crippen LogP contribution is -2.15. The summed E-state index contributed by atoms with van der Waals surface area (Å²) in [5.41, 5.74) is 15.6. The third kappa shape index (κ3) is 6.13. The number of hydrogen-bond donors (Lipinski definition) is 1. The van der Waals surface area contributed by atoms with Crippen LogP contribution in [0.15, 0.2) is 176 Å². The van der Waals surface area contributed by atoms with E-state index >= 15 is 0 Å². The molecule has 0 fully saturated rings. The molecule has 1 aliphatic carbocycles. The Morgan fingerprint density at radius 3 is 2.00 bits per heavy atom. The fourth-order valence-corrected chi connectivity index (χ4v) is 6.78. The lowest BCUT2D eigenvalue weighted by atomic mass is 9.82. The topological polar surface area (TPSA) is 12.0 Å². The normalized spacial score (nSPS) is 13.3. The van der Waals surface area contributed by atoms with Crippen molar-refractivity contribution in [2.24, 2.45) is 0 Å². The first-order chi connectivity index (χ1) is 23.0. The molecule has 7 rings (SSSR count). The standard InChI is InChI=1S/C46H39N/c1-33(35-26-28-37(29-27-35)47-38-30-31-43-42-24-14-15-25-44(42)46(2,3)45(43)32-38)39(21-11-10-18-34-16-6-4-7-17-34)41-23-13-12-22-40(41)36-19-8-5-9-20-36/h4-17,19-32,47H,1,18H2,2-3H3/b11-10-,39-21+. The van der Waals surface area contributed by atoms with E-state index in [0.717, 1.165) is 40.1 Å². The third-order valence-electron chi connectivity index (χ3n) is 9.33. The van der Waals surface area contributed by atoms with Crippen molar-refractivity contribution in [2.75, 3.05) is 5.32 Å². The molecule has 0 heterocycles. The average molecular weight is 606 g/mol. The molecule has 6 aromatic carbocycles. The molecule has 1 aliphatic rings. The molecule has 0 spiro atoms. The van der Waals surface area contributed by atoms with Crippen LogP contribution >= 0.6 is 0 Å². The fourth-order valence-electron chi connectivity index (χ4n) is 6.78. The second-order valence-electron chi connectivity index (χ2n) is 12.7. The van der Waals surface area contributed by atoms with Gasteiger partial charge in [-0.1, -0.05) is 166 Å². The highest BCUT2D eigenvalue weighted by Gasteiger charge is 2.35. The summed E-state index contributed by atoms with van der Waals surface area (Å²) >= 11 is 0. The summed E-state index contributed by atoms with van der Waals surface area (Å²) in [5, 5.41) is 3.66. The monoisotopic (exact) mass is 605 g/mol. The molecule has 1 heteroatoms. The van der Waals surface area contributed by atoms with Gasteiger partial charge >= 0.3 is 0 Å². The molecule has 1 N–H and O–H groups in total. The zero-order valence-electron chi connectivity index (χ0n) is 27.1. The highest BCUT2D eigenvalue weighted by atomic mass is 14.9. The summed E-state index contributed by atoms with van der Waals surface area (Å²) in [6.07, 6.45) is 7.48. The fraction of sp³-hybridized carbons (Fsp3) is 0.0870. The zero-order valence-corrected chi connectivity index (χ0v) is 27.1. The summed E-state index contributed by atoms with van der Waals surface area (Å²) in [5.74, 6) is 0. The van der Waals surface area contributed by atoms with Gasteiger partial charge in [-0.05, 0) is 91.9 Å². The minimum Gasteiger partial charge on any atom is -0.356 e. The summed E-state index contributed by atoms with van der Waals surface area (Å²) < 4.78 is 0. The van der Waals surface area contributed by atoms with Crippen LogP contribution in [0.4, 0.5) is 11.4 Å². The van der Waals surface area contributed by atoms with Crippen LogP contribution in [0.5, 0.6) is 0 Å². The van der Waals surface area contributed by atoms with Crippen LogP contribution in [0, 0.1) is 0 Å². The molecular weight excluding hydrogens is 567 g/mol. The van der Waals surface area contributed by atoms with Gasteiger partial charge in [0.15, 0.2) is 0 Å². The molecule has 0 aromatic heterocycles. The molecule has 0 aliphatic heterocycles. The highest BCUT2D eigenvalue weighted by molar-refractivity contribution is 6.07. The Kier molecular flexibility index (Phi) is 8.29. The molecule has 1 nitrogen and oxygen atoms in total. The number of fused-ring (bicyclic) bond motifs is 3. The predicted molar refractivity (Wildman–Crippen MR) is 202 cm³/mol. The lowest BCUT2D eigenvalue weighted by Gasteiger charge is -2.22. The molecular formula is C46H39N. The SMILES string of the molecule is C=C(/C(=C\C=C/Cc1ccccc1)c1ccccc1-c1ccccc1)c1ccc(Nc2ccc3c(c2)C(C)(C)c2ccccc2-3)cc1. The van der Waals surface area contributed by atoms with Crippen molar-refractivity contribution < 1.29 is 0 Å². The molecule has 0 saturated carbocycles. The highest BCUT2D eigenvalue weighted by Crippen LogP contribution is 2.49. The van der Waals surface area contributed by atoms with Crippen LogP contribution in [0.25, 0.3) is 33.4 Å². The summed E-state index contributed by atoms with van der Waals surface area (Å²) in [6, 6.07) is 53.9. The number of hydrogen-bond acceptors (Lipinski definition) is 1. The van der Waals surface area contributed by atoms with Gasteiger partial charge in [-0.25, -0.2) is 0 Å². The molecule has 0 bridgehead atoms. The Bertz CT molecular complexity index is 2100. The van der Waals surface area contributed by atoms with E-state index in [-0.39, 0.29) is 5.41 Å². The van der Waals surface area contributed by atoms with Crippen molar-refractivity contribution in [3.63, 3.8) is 0 Å². The van der Waals surface area contributed by atoms with Crippen LogP contribution in [0.2, 0.25) is 0 Å². The van der Waals surface area contributed by atoms with Gasteiger partial charge in [-0.15, -0.1) is 0 Å². The third-order valence-corrected chi connectivity index (χ3v) is 9.33. The van der Waals surface area contributed by atoms with Gasteiger partial charge in [0.05, 0.1) is 0 Å². The smallest absolute Gasteiger partial charge is 0.0387 e. The van der Waals surface area contributed by atoms with E-state index in [1.165, 1.54) is 38.9 Å². The van der Waals surface area contributed by atoms with E-state index in [0.29, 0.717) is 0 Å². The van der Waals surface area contributed by atoms with E-state index in [1.54, 1.807) is 0 Å². The van der Waals surface area contributed by atoms with Gasteiger partial charge in [0, 0.05) is 16.8 Å². The van der Waals surface area contributed by atoms with E-state index in [4.69, 9.17) is 0 Å². The predicted octanol–water partition coefficient (Wildman–Crippen LogP) is 12.3. The minimum absolute atomic E-state index is 0.0282. The van der Waals surface area contributed by atoms with Crippen molar-refractivity contribution in [3.05, 3.63) is 204 Å². The molecule has 228 valence electrons. The summed E-state index contributed by atoms with van der Waals surface area (Å²) in [7, 11) is 0. The maximum atomic E-state index is 4.64. The van der Waals surface area contributed by atoms with Gasteiger partial charge in [0.1, 0.15) is 0 Å². The zero-order chi connectivity index (χ0) is 32.2. The van der Waals surface area contributed by atoms with Crippen molar-refractivity contribution in [1.29, 1.82) is 0 Å². The first kappa shape index (κ1) is 30.0. The average Bonchev–Trinajstić information content (AvgIpc) is 3.35. The number of benzene rings is 6. The van der Waals surface area contributed by atoms with Crippen molar-refractivity contribution in [1.82, 2.24) is 0 Å². The number of nitrogens with one attached hydrogen (secondary N) is 1. The largest absolute Gasteiger partial charge is 0.356 e. The molecule has 0 radical (unpaired) electrons. The van der Waals surface area contributed by atoms with Gasteiger partial charge in [0.25, 0.3) is 0 Å². The Morgan fingerprint density at radius 2 is 1.23 bits per heavy atom. The summed E-state index contributed by atoms with van der Waals surface area (Å²) in [6.45, 7) is 9.28. The maximum Gasteiger partial charge on any atom is 0.0387 e. The molecule has 0 amide bonds. The van der Waals surface area contributed by atoms with E-state index in [1.807, 2.05) is 0 Å². The van der Waals surface area contributed by atoms with Gasteiger partial charge < -0.3 is 5.32 Å². The van der Waals surface area contributed by atoms with E-state index < -0.39 is 0 Å². The van der Waals surface area contributed by atoms with Crippen LogP contribution in [0.1, 0.15) is 41.7 Å².